The SMILES string of the molecule is COc1ccc(C(c2ccc3c(c2)OCO3)N2CCCNCC2)cc1F. The fourth-order valence-electron chi connectivity index (χ4n) is 3.67. The van der Waals surface area contributed by atoms with Gasteiger partial charge in [-0.15, -0.1) is 0 Å². The first-order valence-electron chi connectivity index (χ1n) is 8.94. The second-order valence-electron chi connectivity index (χ2n) is 6.55. The number of nitrogens with one attached hydrogen (secondary N) is 1. The van der Waals surface area contributed by atoms with Gasteiger partial charge in [0.25, 0.3) is 0 Å². The molecular weight excluding hydrogens is 335 g/mol. The van der Waals surface area contributed by atoms with Gasteiger partial charge in [-0.2, -0.15) is 0 Å². The molecule has 2 aliphatic rings. The molecule has 26 heavy (non-hydrogen) atoms. The van der Waals surface area contributed by atoms with Gasteiger partial charge in [-0.05, 0) is 48.4 Å². The van der Waals surface area contributed by atoms with Crippen LogP contribution in [0.4, 0.5) is 4.39 Å². The summed E-state index contributed by atoms with van der Waals surface area (Å²) < 4.78 is 30.5. The Balaban J connectivity index is 1.75. The number of ether oxygens (including phenoxy) is 3. The first-order valence-corrected chi connectivity index (χ1v) is 8.94. The fraction of sp³-hybridized carbons (Fsp3) is 0.400. The third-order valence-electron chi connectivity index (χ3n) is 4.94. The minimum Gasteiger partial charge on any atom is -0.494 e. The van der Waals surface area contributed by atoms with E-state index in [0.717, 1.165) is 55.2 Å². The number of halogens is 1. The molecule has 0 saturated carbocycles. The molecule has 2 aliphatic heterocycles. The van der Waals surface area contributed by atoms with Crippen molar-refractivity contribution in [2.75, 3.05) is 40.1 Å². The Kier molecular flexibility index (Phi) is 4.95. The fourth-order valence-corrected chi connectivity index (χ4v) is 3.67. The second kappa shape index (κ2) is 7.51. The van der Waals surface area contributed by atoms with Gasteiger partial charge in [0.1, 0.15) is 0 Å². The highest BCUT2D eigenvalue weighted by atomic mass is 19.1. The number of rotatable bonds is 4. The van der Waals surface area contributed by atoms with Crippen molar-refractivity contribution in [2.45, 2.75) is 12.5 Å². The highest BCUT2D eigenvalue weighted by Gasteiger charge is 2.26. The number of methoxy groups -OCH3 is 1. The van der Waals surface area contributed by atoms with E-state index in [-0.39, 0.29) is 24.4 Å². The molecule has 138 valence electrons. The predicted octanol–water partition coefficient (Wildman–Crippen LogP) is 2.95. The van der Waals surface area contributed by atoms with E-state index in [1.807, 2.05) is 24.3 Å². The van der Waals surface area contributed by atoms with E-state index in [1.54, 1.807) is 12.1 Å². The van der Waals surface area contributed by atoms with Crippen LogP contribution in [0.25, 0.3) is 0 Å². The van der Waals surface area contributed by atoms with Crippen molar-refractivity contribution in [1.82, 2.24) is 10.2 Å². The molecule has 6 heteroatoms. The Labute approximate surface area is 152 Å². The van der Waals surface area contributed by atoms with Crippen molar-refractivity contribution in [1.29, 1.82) is 0 Å². The van der Waals surface area contributed by atoms with E-state index >= 15 is 0 Å². The van der Waals surface area contributed by atoms with Gasteiger partial charge in [0.2, 0.25) is 6.79 Å². The topological polar surface area (TPSA) is 43.0 Å². The van der Waals surface area contributed by atoms with Crippen molar-refractivity contribution >= 4 is 0 Å². The third kappa shape index (κ3) is 3.34. The van der Waals surface area contributed by atoms with Crippen LogP contribution in [-0.4, -0.2) is 45.0 Å². The van der Waals surface area contributed by atoms with E-state index in [1.165, 1.54) is 7.11 Å². The molecule has 1 atom stereocenters. The molecule has 0 spiro atoms. The summed E-state index contributed by atoms with van der Waals surface area (Å²) in [6, 6.07) is 11.1. The van der Waals surface area contributed by atoms with Gasteiger partial charge in [0, 0.05) is 19.6 Å². The lowest BCUT2D eigenvalue weighted by Crippen LogP contribution is -2.33. The Morgan fingerprint density at radius 3 is 2.69 bits per heavy atom. The van der Waals surface area contributed by atoms with Gasteiger partial charge in [-0.3, -0.25) is 4.90 Å². The normalized spacial score (nSPS) is 18.4. The summed E-state index contributed by atoms with van der Waals surface area (Å²) in [5, 5.41) is 3.43. The van der Waals surface area contributed by atoms with Crippen LogP contribution < -0.4 is 19.5 Å². The Morgan fingerprint density at radius 2 is 1.85 bits per heavy atom. The Hall–Kier alpha value is -2.31. The van der Waals surface area contributed by atoms with Gasteiger partial charge in [0.05, 0.1) is 13.2 Å². The maximum Gasteiger partial charge on any atom is 0.231 e. The van der Waals surface area contributed by atoms with Crippen molar-refractivity contribution in [2.24, 2.45) is 0 Å². The predicted molar refractivity (Wildman–Crippen MR) is 96.4 cm³/mol. The van der Waals surface area contributed by atoms with E-state index < -0.39 is 0 Å². The summed E-state index contributed by atoms with van der Waals surface area (Å²) in [5.41, 5.74) is 1.98. The summed E-state index contributed by atoms with van der Waals surface area (Å²) in [5.74, 6) is 1.42. The zero-order valence-corrected chi connectivity index (χ0v) is 14.8. The zero-order chi connectivity index (χ0) is 17.9. The maximum atomic E-state index is 14.4. The number of nitrogens with zero attached hydrogens (tertiary/aromatic N) is 1. The van der Waals surface area contributed by atoms with Crippen LogP contribution in [0.1, 0.15) is 23.6 Å². The van der Waals surface area contributed by atoms with E-state index in [0.29, 0.717) is 0 Å². The van der Waals surface area contributed by atoms with Crippen LogP contribution in [0, 0.1) is 5.82 Å². The van der Waals surface area contributed by atoms with Crippen LogP contribution in [-0.2, 0) is 0 Å². The van der Waals surface area contributed by atoms with E-state index in [4.69, 9.17) is 14.2 Å². The smallest absolute Gasteiger partial charge is 0.231 e. The number of benzene rings is 2. The number of fused-ring (bicyclic) bond motifs is 1. The molecule has 2 aromatic carbocycles. The lowest BCUT2D eigenvalue weighted by molar-refractivity contribution is 0.173. The Bertz CT molecular complexity index is 776. The lowest BCUT2D eigenvalue weighted by atomic mass is 9.96. The van der Waals surface area contributed by atoms with E-state index in [9.17, 15) is 4.39 Å². The molecular formula is C20H23FN2O3. The van der Waals surface area contributed by atoms with Crippen LogP contribution in [0.3, 0.4) is 0 Å². The average molecular weight is 358 g/mol. The van der Waals surface area contributed by atoms with Gasteiger partial charge in [-0.1, -0.05) is 12.1 Å². The highest BCUT2D eigenvalue weighted by Crippen LogP contribution is 2.38. The zero-order valence-electron chi connectivity index (χ0n) is 14.8. The summed E-state index contributed by atoms with van der Waals surface area (Å²) >= 11 is 0. The third-order valence-corrected chi connectivity index (χ3v) is 4.94. The largest absolute Gasteiger partial charge is 0.494 e. The molecule has 1 N–H and O–H groups in total. The molecule has 1 fully saturated rings. The van der Waals surface area contributed by atoms with Gasteiger partial charge < -0.3 is 19.5 Å². The number of hydrogen-bond acceptors (Lipinski definition) is 5. The summed E-state index contributed by atoms with van der Waals surface area (Å²) in [7, 11) is 1.48. The molecule has 1 saturated heterocycles. The molecule has 0 aliphatic carbocycles. The first-order chi connectivity index (χ1) is 12.8. The molecule has 0 amide bonds. The molecule has 0 radical (unpaired) electrons. The van der Waals surface area contributed by atoms with Crippen LogP contribution in [0.2, 0.25) is 0 Å². The van der Waals surface area contributed by atoms with Crippen LogP contribution in [0.15, 0.2) is 36.4 Å². The molecule has 1 unspecified atom stereocenters. The van der Waals surface area contributed by atoms with E-state index in [2.05, 4.69) is 10.2 Å². The van der Waals surface area contributed by atoms with Gasteiger partial charge in [-0.25, -0.2) is 4.39 Å². The molecule has 2 aromatic rings. The van der Waals surface area contributed by atoms with Gasteiger partial charge >= 0.3 is 0 Å². The van der Waals surface area contributed by atoms with Crippen molar-refractivity contribution in [3.05, 3.63) is 53.3 Å². The first kappa shape index (κ1) is 17.1. The summed E-state index contributed by atoms with van der Waals surface area (Å²) in [6.45, 7) is 4.00. The summed E-state index contributed by atoms with van der Waals surface area (Å²) in [6.07, 6.45) is 1.06. The second-order valence-corrected chi connectivity index (χ2v) is 6.55. The van der Waals surface area contributed by atoms with Crippen molar-refractivity contribution in [3.8, 4) is 17.2 Å². The molecule has 2 heterocycles. The van der Waals surface area contributed by atoms with Crippen LogP contribution >= 0.6 is 0 Å². The van der Waals surface area contributed by atoms with Crippen LogP contribution in [0.5, 0.6) is 17.2 Å². The minimum absolute atomic E-state index is 0.0511. The monoisotopic (exact) mass is 358 g/mol. The Morgan fingerprint density at radius 1 is 1.04 bits per heavy atom. The van der Waals surface area contributed by atoms with Crippen molar-refractivity contribution in [3.63, 3.8) is 0 Å². The maximum absolute atomic E-state index is 14.4. The molecule has 0 bridgehead atoms. The number of hydrogen-bond donors (Lipinski definition) is 1. The summed E-state index contributed by atoms with van der Waals surface area (Å²) in [4.78, 5) is 2.39. The quantitative estimate of drug-likeness (QED) is 0.910. The van der Waals surface area contributed by atoms with Gasteiger partial charge in [0.15, 0.2) is 23.1 Å². The lowest BCUT2D eigenvalue weighted by Gasteiger charge is -2.31. The molecule has 5 nitrogen and oxygen atoms in total. The average Bonchev–Trinajstić information content (AvgIpc) is 2.96. The molecule has 0 aromatic heterocycles. The minimum atomic E-state index is -0.344. The highest BCUT2D eigenvalue weighted by molar-refractivity contribution is 5.47. The molecule has 4 rings (SSSR count). The van der Waals surface area contributed by atoms with Crippen molar-refractivity contribution < 1.29 is 18.6 Å². The standard InChI is InChI=1S/C20H23FN2O3/c1-24-17-5-3-14(11-16(17)21)20(23-9-2-7-22-8-10-23)15-4-6-18-19(12-15)26-13-25-18/h3-6,11-12,20,22H,2,7-10,13H2,1H3.